The van der Waals surface area contributed by atoms with Gasteiger partial charge in [-0.2, -0.15) is 0 Å². The minimum absolute atomic E-state index is 0.529. The topological polar surface area (TPSA) is 51.8 Å². The number of hydrogen-bond donors (Lipinski definition) is 1. The molecule has 0 saturated heterocycles. The van der Waals surface area contributed by atoms with Gasteiger partial charge in [-0.1, -0.05) is 6.92 Å². The number of hydrogen-bond acceptors (Lipinski definition) is 4. The predicted octanol–water partition coefficient (Wildman–Crippen LogP) is 3.11. The number of nitrogens with two attached hydrogens (primary N) is 1. The third-order valence-electron chi connectivity index (χ3n) is 1.95. The van der Waals surface area contributed by atoms with Crippen molar-refractivity contribution in [3.63, 3.8) is 0 Å². The van der Waals surface area contributed by atoms with Gasteiger partial charge in [-0.15, -0.1) is 11.3 Å². The molecule has 0 atom stereocenters. The third kappa shape index (κ3) is 2.35. The molecule has 78 valence electrons. The Morgan fingerprint density at radius 1 is 1.40 bits per heavy atom. The number of aryl methyl sites for hydroxylation is 1. The lowest BCUT2D eigenvalue weighted by Crippen LogP contribution is -1.98. The fraction of sp³-hybridized carbons (Fsp3) is 0.200. The first-order valence-electron chi connectivity index (χ1n) is 4.58. The summed E-state index contributed by atoms with van der Waals surface area (Å²) < 4.78 is 1.07. The van der Waals surface area contributed by atoms with Gasteiger partial charge in [0.25, 0.3) is 0 Å². The van der Waals surface area contributed by atoms with Crippen LogP contribution in [0.25, 0.3) is 10.7 Å². The Morgan fingerprint density at radius 2 is 2.20 bits per heavy atom. The molecule has 0 fully saturated rings. The largest absolute Gasteiger partial charge is 0.384 e. The molecule has 0 amide bonds. The molecule has 0 aromatic carbocycles. The molecule has 2 aromatic heterocycles. The second-order valence-corrected chi connectivity index (χ2v) is 5.53. The van der Waals surface area contributed by atoms with E-state index < -0.39 is 0 Å². The van der Waals surface area contributed by atoms with Crippen LogP contribution in [0.5, 0.6) is 0 Å². The Morgan fingerprint density at radius 3 is 2.80 bits per heavy atom. The van der Waals surface area contributed by atoms with Gasteiger partial charge in [0.05, 0.1) is 8.66 Å². The number of aromatic nitrogens is 2. The first-order valence-corrected chi connectivity index (χ1v) is 6.19. The van der Waals surface area contributed by atoms with Crippen molar-refractivity contribution in [2.75, 3.05) is 5.73 Å². The molecule has 5 heteroatoms. The van der Waals surface area contributed by atoms with Crippen molar-refractivity contribution in [3.05, 3.63) is 27.7 Å². The maximum absolute atomic E-state index is 5.72. The Hall–Kier alpha value is -0.940. The zero-order chi connectivity index (χ0) is 10.8. The zero-order valence-corrected chi connectivity index (χ0v) is 10.6. The average Bonchev–Trinajstić information content (AvgIpc) is 2.64. The molecule has 2 N–H and O–H groups in total. The van der Waals surface area contributed by atoms with Crippen molar-refractivity contribution in [1.29, 1.82) is 0 Å². The molecule has 0 saturated carbocycles. The molecule has 0 radical (unpaired) electrons. The highest BCUT2D eigenvalue weighted by atomic mass is 79.9. The molecular formula is C10H10BrN3S. The summed E-state index contributed by atoms with van der Waals surface area (Å²) >= 11 is 5.02. The summed E-state index contributed by atoms with van der Waals surface area (Å²) in [5, 5.41) is 0. The van der Waals surface area contributed by atoms with Crippen molar-refractivity contribution in [2.24, 2.45) is 0 Å². The van der Waals surface area contributed by atoms with Crippen LogP contribution in [0.4, 0.5) is 5.82 Å². The van der Waals surface area contributed by atoms with Gasteiger partial charge in [0, 0.05) is 11.8 Å². The maximum Gasteiger partial charge on any atom is 0.171 e. The van der Waals surface area contributed by atoms with Crippen LogP contribution in [-0.2, 0) is 6.42 Å². The van der Waals surface area contributed by atoms with Crippen molar-refractivity contribution in [3.8, 4) is 10.7 Å². The van der Waals surface area contributed by atoms with E-state index >= 15 is 0 Å². The van der Waals surface area contributed by atoms with Crippen molar-refractivity contribution in [2.45, 2.75) is 13.3 Å². The van der Waals surface area contributed by atoms with E-state index in [-0.39, 0.29) is 0 Å². The van der Waals surface area contributed by atoms with Crippen LogP contribution in [0.1, 0.15) is 12.6 Å². The number of rotatable bonds is 2. The molecule has 3 nitrogen and oxygen atoms in total. The molecule has 0 aliphatic carbocycles. The van der Waals surface area contributed by atoms with Crippen LogP contribution in [0.15, 0.2) is 22.0 Å². The second-order valence-electron chi connectivity index (χ2n) is 3.07. The molecule has 15 heavy (non-hydrogen) atoms. The first kappa shape index (κ1) is 10.6. The highest BCUT2D eigenvalue weighted by molar-refractivity contribution is 9.11. The van der Waals surface area contributed by atoms with E-state index in [1.807, 2.05) is 18.2 Å². The molecule has 0 unspecified atom stereocenters. The molecule has 0 bridgehead atoms. The summed E-state index contributed by atoms with van der Waals surface area (Å²) in [5.41, 5.74) is 6.70. The number of nitrogen functional groups attached to an aromatic ring is 1. The quantitative estimate of drug-likeness (QED) is 0.921. The van der Waals surface area contributed by atoms with Crippen LogP contribution in [0.2, 0.25) is 0 Å². The Labute approximate surface area is 101 Å². The van der Waals surface area contributed by atoms with Crippen molar-refractivity contribution < 1.29 is 0 Å². The van der Waals surface area contributed by atoms with Crippen molar-refractivity contribution in [1.82, 2.24) is 9.97 Å². The minimum atomic E-state index is 0.529. The molecule has 2 rings (SSSR count). The molecule has 2 aromatic rings. The molecule has 2 heterocycles. The SMILES string of the molecule is CCc1cc(N)nc(-c2ccc(Br)s2)n1. The number of anilines is 1. The fourth-order valence-corrected chi connectivity index (χ4v) is 2.56. The van der Waals surface area contributed by atoms with Gasteiger partial charge in [0.2, 0.25) is 0 Å². The summed E-state index contributed by atoms with van der Waals surface area (Å²) in [4.78, 5) is 9.69. The van der Waals surface area contributed by atoms with Gasteiger partial charge in [-0.3, -0.25) is 0 Å². The molecular weight excluding hydrogens is 274 g/mol. The van der Waals surface area contributed by atoms with E-state index in [1.54, 1.807) is 11.3 Å². The first-order chi connectivity index (χ1) is 7.19. The van der Waals surface area contributed by atoms with Gasteiger partial charge < -0.3 is 5.73 Å². The smallest absolute Gasteiger partial charge is 0.171 e. The minimum Gasteiger partial charge on any atom is -0.384 e. The normalized spacial score (nSPS) is 10.5. The van der Waals surface area contributed by atoms with E-state index in [0.29, 0.717) is 11.6 Å². The van der Waals surface area contributed by atoms with E-state index in [2.05, 4.69) is 32.8 Å². The van der Waals surface area contributed by atoms with E-state index in [0.717, 1.165) is 20.8 Å². The average molecular weight is 284 g/mol. The van der Waals surface area contributed by atoms with Gasteiger partial charge in [-0.05, 0) is 34.5 Å². The number of thiophene rings is 1. The summed E-state index contributed by atoms with van der Waals surface area (Å²) in [6.45, 7) is 2.05. The number of halogens is 1. The van der Waals surface area contributed by atoms with Crippen LogP contribution >= 0.6 is 27.3 Å². The second kappa shape index (κ2) is 4.28. The summed E-state index contributed by atoms with van der Waals surface area (Å²) in [6, 6.07) is 5.79. The van der Waals surface area contributed by atoms with Crippen LogP contribution < -0.4 is 5.73 Å². The Balaban J connectivity index is 2.48. The lowest BCUT2D eigenvalue weighted by molar-refractivity contribution is 1.01. The van der Waals surface area contributed by atoms with E-state index in [4.69, 9.17) is 5.73 Å². The van der Waals surface area contributed by atoms with E-state index in [9.17, 15) is 0 Å². The standard InChI is InChI=1S/C10H10BrN3S/c1-2-6-5-9(12)14-10(13-6)7-3-4-8(11)15-7/h3-5H,2H2,1H3,(H2,12,13,14). The summed E-state index contributed by atoms with van der Waals surface area (Å²) in [5.74, 6) is 1.24. The van der Waals surface area contributed by atoms with Gasteiger partial charge >= 0.3 is 0 Å². The molecule has 0 spiro atoms. The lowest BCUT2D eigenvalue weighted by Gasteiger charge is -2.01. The summed E-state index contributed by atoms with van der Waals surface area (Å²) in [6.07, 6.45) is 0.867. The molecule has 0 aliphatic rings. The number of nitrogens with zero attached hydrogens (tertiary/aromatic N) is 2. The lowest BCUT2D eigenvalue weighted by atomic mass is 10.3. The molecule has 0 aliphatic heterocycles. The summed E-state index contributed by atoms with van der Waals surface area (Å²) in [7, 11) is 0. The Bertz CT molecular complexity index is 481. The fourth-order valence-electron chi connectivity index (χ4n) is 1.24. The highest BCUT2D eigenvalue weighted by Gasteiger charge is 2.06. The third-order valence-corrected chi connectivity index (χ3v) is 3.57. The van der Waals surface area contributed by atoms with Gasteiger partial charge in [0.1, 0.15) is 5.82 Å². The van der Waals surface area contributed by atoms with Crippen LogP contribution in [0, 0.1) is 0 Å². The van der Waals surface area contributed by atoms with Gasteiger partial charge in [-0.25, -0.2) is 9.97 Å². The van der Waals surface area contributed by atoms with Crippen LogP contribution in [0.3, 0.4) is 0 Å². The predicted molar refractivity (Wildman–Crippen MR) is 66.8 cm³/mol. The van der Waals surface area contributed by atoms with E-state index in [1.165, 1.54) is 0 Å². The monoisotopic (exact) mass is 283 g/mol. The van der Waals surface area contributed by atoms with Crippen LogP contribution in [-0.4, -0.2) is 9.97 Å². The van der Waals surface area contributed by atoms with Gasteiger partial charge in [0.15, 0.2) is 5.82 Å². The zero-order valence-electron chi connectivity index (χ0n) is 8.20. The Kier molecular flexibility index (Phi) is 3.02. The maximum atomic E-state index is 5.72. The van der Waals surface area contributed by atoms with Crippen molar-refractivity contribution >= 4 is 33.1 Å². The highest BCUT2D eigenvalue weighted by Crippen LogP contribution is 2.29.